The number of carbonyl (C=O) groups excluding carboxylic acids is 1. The predicted octanol–water partition coefficient (Wildman–Crippen LogP) is 4.30. The predicted molar refractivity (Wildman–Crippen MR) is 81.8 cm³/mol. The standard InChI is InChI=1S/C17H15ClO3/c1-10(19)9-17(2)15-5-3-11(18)7-13(15)14-8-12(20)4-6-16(14)21-17/h3-8,20H,9H2,1-2H3/t17-/m0/s1. The van der Waals surface area contributed by atoms with E-state index in [1.807, 2.05) is 19.1 Å². The van der Waals surface area contributed by atoms with E-state index in [9.17, 15) is 9.90 Å². The smallest absolute Gasteiger partial charge is 0.139 e. The first kappa shape index (κ1) is 14.0. The van der Waals surface area contributed by atoms with Crippen LogP contribution in [0.2, 0.25) is 5.02 Å². The molecule has 0 saturated heterocycles. The lowest BCUT2D eigenvalue weighted by molar-refractivity contribution is -0.120. The van der Waals surface area contributed by atoms with Crippen molar-refractivity contribution in [3.05, 3.63) is 47.0 Å². The van der Waals surface area contributed by atoms with Gasteiger partial charge in [-0.25, -0.2) is 0 Å². The number of halogens is 1. The lowest BCUT2D eigenvalue weighted by Gasteiger charge is -2.37. The van der Waals surface area contributed by atoms with Crippen molar-refractivity contribution in [3.63, 3.8) is 0 Å². The van der Waals surface area contributed by atoms with E-state index < -0.39 is 5.60 Å². The molecule has 0 bridgehead atoms. The maximum absolute atomic E-state index is 11.6. The Morgan fingerprint density at radius 2 is 2.00 bits per heavy atom. The Balaban J connectivity index is 2.26. The van der Waals surface area contributed by atoms with Crippen LogP contribution in [0.5, 0.6) is 11.5 Å². The van der Waals surface area contributed by atoms with Gasteiger partial charge in [-0.05, 0) is 49.7 Å². The number of carbonyl (C=O) groups is 1. The Labute approximate surface area is 128 Å². The molecule has 1 aliphatic rings. The molecule has 1 aliphatic heterocycles. The van der Waals surface area contributed by atoms with Gasteiger partial charge in [-0.2, -0.15) is 0 Å². The molecule has 0 amide bonds. The number of fused-ring (bicyclic) bond motifs is 3. The molecule has 0 unspecified atom stereocenters. The van der Waals surface area contributed by atoms with Crippen molar-refractivity contribution in [3.8, 4) is 22.6 Å². The maximum atomic E-state index is 11.6. The average Bonchev–Trinajstić information content (AvgIpc) is 2.38. The molecule has 1 N–H and O–H groups in total. The number of aromatic hydroxyl groups is 1. The van der Waals surface area contributed by atoms with Gasteiger partial charge in [-0.1, -0.05) is 17.7 Å². The van der Waals surface area contributed by atoms with E-state index in [1.165, 1.54) is 0 Å². The quantitative estimate of drug-likeness (QED) is 0.899. The number of hydrogen-bond donors (Lipinski definition) is 1. The van der Waals surface area contributed by atoms with E-state index >= 15 is 0 Å². The second-order valence-electron chi connectivity index (χ2n) is 5.58. The molecule has 3 nitrogen and oxygen atoms in total. The third-order valence-electron chi connectivity index (χ3n) is 3.73. The van der Waals surface area contributed by atoms with Crippen LogP contribution in [-0.2, 0) is 10.4 Å². The highest BCUT2D eigenvalue weighted by molar-refractivity contribution is 6.31. The highest BCUT2D eigenvalue weighted by Gasteiger charge is 2.37. The normalized spacial score (nSPS) is 19.4. The Hall–Kier alpha value is -2.00. The molecule has 108 valence electrons. The minimum absolute atomic E-state index is 0.0561. The van der Waals surface area contributed by atoms with Crippen molar-refractivity contribution in [2.45, 2.75) is 25.9 Å². The second kappa shape index (κ2) is 4.78. The average molecular weight is 303 g/mol. The zero-order valence-electron chi connectivity index (χ0n) is 11.8. The SMILES string of the molecule is CC(=O)C[C@]1(C)Oc2ccc(O)cc2-c2cc(Cl)ccc21. The molecule has 4 heteroatoms. The van der Waals surface area contributed by atoms with Gasteiger partial charge in [0.15, 0.2) is 0 Å². The van der Waals surface area contributed by atoms with Crippen LogP contribution in [-0.4, -0.2) is 10.9 Å². The zero-order chi connectivity index (χ0) is 15.2. The van der Waals surface area contributed by atoms with Gasteiger partial charge in [-0.15, -0.1) is 0 Å². The summed E-state index contributed by atoms with van der Waals surface area (Å²) in [6.07, 6.45) is 0.280. The lowest BCUT2D eigenvalue weighted by Crippen LogP contribution is -2.34. The largest absolute Gasteiger partial charge is 0.508 e. The number of benzene rings is 2. The number of Topliss-reactive ketones (excluding diaryl/α,β-unsaturated/α-hetero) is 1. The highest BCUT2D eigenvalue weighted by atomic mass is 35.5. The van der Waals surface area contributed by atoms with Crippen LogP contribution in [0.25, 0.3) is 11.1 Å². The fourth-order valence-corrected chi connectivity index (χ4v) is 3.09. The fourth-order valence-electron chi connectivity index (χ4n) is 2.92. The first-order valence-corrected chi connectivity index (χ1v) is 7.09. The van der Waals surface area contributed by atoms with Gasteiger partial charge in [0.25, 0.3) is 0 Å². The zero-order valence-corrected chi connectivity index (χ0v) is 12.6. The number of phenolic OH excluding ortho intramolecular Hbond substituents is 1. The molecule has 0 aromatic heterocycles. The molecule has 0 spiro atoms. The Kier molecular flexibility index (Phi) is 3.18. The van der Waals surface area contributed by atoms with Crippen molar-refractivity contribution in [2.24, 2.45) is 0 Å². The number of ether oxygens (including phenoxy) is 1. The van der Waals surface area contributed by atoms with Gasteiger partial charge < -0.3 is 9.84 Å². The molecule has 2 aromatic carbocycles. The molecule has 0 saturated carbocycles. The molecule has 2 aromatic rings. The molecule has 3 rings (SSSR count). The van der Waals surface area contributed by atoms with Crippen molar-refractivity contribution < 1.29 is 14.6 Å². The van der Waals surface area contributed by atoms with Gasteiger partial charge in [0.1, 0.15) is 22.9 Å². The molecule has 1 heterocycles. The van der Waals surface area contributed by atoms with Gasteiger partial charge in [0.05, 0.1) is 0 Å². The summed E-state index contributed by atoms with van der Waals surface area (Å²) in [4.78, 5) is 11.6. The van der Waals surface area contributed by atoms with E-state index in [-0.39, 0.29) is 18.0 Å². The molecular weight excluding hydrogens is 288 g/mol. The topological polar surface area (TPSA) is 46.5 Å². The van der Waals surface area contributed by atoms with Crippen LogP contribution in [0.15, 0.2) is 36.4 Å². The molecule has 0 radical (unpaired) electrons. The highest BCUT2D eigenvalue weighted by Crippen LogP contribution is 2.48. The minimum atomic E-state index is -0.726. The first-order valence-electron chi connectivity index (χ1n) is 6.71. The van der Waals surface area contributed by atoms with Crippen molar-refractivity contribution >= 4 is 17.4 Å². The monoisotopic (exact) mass is 302 g/mol. The number of ketones is 1. The van der Waals surface area contributed by atoms with E-state index in [1.54, 1.807) is 31.2 Å². The summed E-state index contributed by atoms with van der Waals surface area (Å²) < 4.78 is 6.08. The van der Waals surface area contributed by atoms with Crippen LogP contribution >= 0.6 is 11.6 Å². The van der Waals surface area contributed by atoms with Crippen molar-refractivity contribution in [1.29, 1.82) is 0 Å². The van der Waals surface area contributed by atoms with Crippen molar-refractivity contribution in [1.82, 2.24) is 0 Å². The van der Waals surface area contributed by atoms with Crippen molar-refractivity contribution in [2.75, 3.05) is 0 Å². The Morgan fingerprint density at radius 3 is 2.71 bits per heavy atom. The minimum Gasteiger partial charge on any atom is -0.508 e. The number of phenols is 1. The van der Waals surface area contributed by atoms with Crippen LogP contribution in [0.1, 0.15) is 25.8 Å². The summed E-state index contributed by atoms with van der Waals surface area (Å²) in [6.45, 7) is 3.45. The number of rotatable bonds is 2. The second-order valence-corrected chi connectivity index (χ2v) is 6.02. The third kappa shape index (κ3) is 2.38. The summed E-state index contributed by atoms with van der Waals surface area (Å²) in [5.41, 5.74) is 1.85. The summed E-state index contributed by atoms with van der Waals surface area (Å²) in [6, 6.07) is 10.5. The Bertz CT molecular complexity index is 739. The lowest BCUT2D eigenvalue weighted by atomic mass is 9.82. The van der Waals surface area contributed by atoms with Gasteiger partial charge in [0.2, 0.25) is 0 Å². The summed E-state index contributed by atoms with van der Waals surface area (Å²) in [5, 5.41) is 10.3. The van der Waals surface area contributed by atoms with Gasteiger partial charge in [-0.3, -0.25) is 4.79 Å². The third-order valence-corrected chi connectivity index (χ3v) is 3.96. The van der Waals surface area contributed by atoms with Gasteiger partial charge >= 0.3 is 0 Å². The maximum Gasteiger partial charge on any atom is 0.139 e. The van der Waals surface area contributed by atoms with Crippen LogP contribution in [0.4, 0.5) is 0 Å². The van der Waals surface area contributed by atoms with Crippen LogP contribution in [0.3, 0.4) is 0 Å². The molecular formula is C17H15ClO3. The van der Waals surface area contributed by atoms with E-state index in [2.05, 4.69) is 0 Å². The summed E-state index contributed by atoms with van der Waals surface area (Å²) in [7, 11) is 0. The molecule has 21 heavy (non-hydrogen) atoms. The molecule has 0 fully saturated rings. The van der Waals surface area contributed by atoms with E-state index in [0.29, 0.717) is 10.8 Å². The first-order chi connectivity index (χ1) is 9.89. The summed E-state index contributed by atoms with van der Waals surface area (Å²) >= 11 is 6.11. The number of hydrogen-bond acceptors (Lipinski definition) is 3. The fraction of sp³-hybridized carbons (Fsp3) is 0.235. The Morgan fingerprint density at radius 1 is 1.24 bits per heavy atom. The van der Waals surface area contributed by atoms with Crippen LogP contribution in [0, 0.1) is 0 Å². The van der Waals surface area contributed by atoms with Crippen LogP contribution < -0.4 is 4.74 Å². The van der Waals surface area contributed by atoms with Gasteiger partial charge in [0, 0.05) is 22.6 Å². The molecule has 0 aliphatic carbocycles. The summed E-state index contributed by atoms with van der Waals surface area (Å²) in [5.74, 6) is 0.866. The van der Waals surface area contributed by atoms with E-state index in [0.717, 1.165) is 16.7 Å². The van der Waals surface area contributed by atoms with E-state index in [4.69, 9.17) is 16.3 Å². The molecule has 1 atom stereocenters.